The summed E-state index contributed by atoms with van der Waals surface area (Å²) in [6.07, 6.45) is 1.61. The Bertz CT molecular complexity index is 294. The summed E-state index contributed by atoms with van der Waals surface area (Å²) in [4.78, 5) is 0. The monoisotopic (exact) mass is 232 g/mol. The zero-order valence-electron chi connectivity index (χ0n) is 8.83. The first-order valence-electron chi connectivity index (χ1n) is 4.55. The second-order valence-electron chi connectivity index (χ2n) is 3.18. The van der Waals surface area contributed by atoms with E-state index in [1.165, 1.54) is 11.8 Å². The fourth-order valence-electron chi connectivity index (χ4n) is 1.07. The van der Waals surface area contributed by atoms with Crippen LogP contribution in [0.1, 0.15) is 0 Å². The van der Waals surface area contributed by atoms with Gasteiger partial charge in [0.05, 0.1) is 18.5 Å². The fraction of sp³-hybridized carbons (Fsp3) is 0.750. The quantitative estimate of drug-likeness (QED) is 0.627. The van der Waals surface area contributed by atoms with Crippen molar-refractivity contribution in [1.82, 2.24) is 14.8 Å². The van der Waals surface area contributed by atoms with E-state index in [1.807, 2.05) is 7.05 Å². The summed E-state index contributed by atoms with van der Waals surface area (Å²) in [5.41, 5.74) is 5.84. The van der Waals surface area contributed by atoms with Crippen molar-refractivity contribution in [1.29, 1.82) is 0 Å². The molecular weight excluding hydrogens is 216 g/mol. The molecule has 0 aliphatic heterocycles. The van der Waals surface area contributed by atoms with Gasteiger partial charge >= 0.3 is 0 Å². The van der Waals surface area contributed by atoms with Crippen LogP contribution in [0.3, 0.4) is 0 Å². The summed E-state index contributed by atoms with van der Waals surface area (Å²) < 4.78 is 6.73. The highest BCUT2D eigenvalue weighted by Crippen LogP contribution is 2.21. The summed E-state index contributed by atoms with van der Waals surface area (Å²) in [5, 5.41) is 17.5. The molecule has 1 heterocycles. The summed E-state index contributed by atoms with van der Waals surface area (Å²) in [7, 11) is 3.43. The number of nitrogens with two attached hydrogens (primary N) is 1. The highest BCUT2D eigenvalue weighted by Gasteiger charge is 2.20. The van der Waals surface area contributed by atoms with E-state index in [0.29, 0.717) is 6.61 Å². The third-order valence-corrected chi connectivity index (χ3v) is 3.33. The van der Waals surface area contributed by atoms with Gasteiger partial charge in [-0.1, -0.05) is 11.8 Å². The van der Waals surface area contributed by atoms with Crippen LogP contribution in [0.5, 0.6) is 0 Å². The standard InChI is InChI=1S/C8H16N4O2S/c1-12-5-10-11-8(12)15-7(3-13)6(9)4-14-2/h5-7,13H,3-4,9H2,1-2H3. The molecule has 1 aromatic rings. The lowest BCUT2D eigenvalue weighted by Gasteiger charge is -2.19. The van der Waals surface area contributed by atoms with Gasteiger partial charge in [-0.2, -0.15) is 0 Å². The normalized spacial score (nSPS) is 15.2. The molecule has 2 unspecified atom stereocenters. The molecule has 6 nitrogen and oxygen atoms in total. The Morgan fingerprint density at radius 3 is 2.93 bits per heavy atom. The Balaban J connectivity index is 2.57. The van der Waals surface area contributed by atoms with Gasteiger partial charge in [-0.15, -0.1) is 10.2 Å². The van der Waals surface area contributed by atoms with Crippen LogP contribution in [0.4, 0.5) is 0 Å². The van der Waals surface area contributed by atoms with Crippen LogP contribution in [0.2, 0.25) is 0 Å². The van der Waals surface area contributed by atoms with Gasteiger partial charge in [0, 0.05) is 20.2 Å². The lowest BCUT2D eigenvalue weighted by Crippen LogP contribution is -2.38. The Morgan fingerprint density at radius 2 is 2.47 bits per heavy atom. The molecular formula is C8H16N4O2S. The highest BCUT2D eigenvalue weighted by atomic mass is 32.2. The SMILES string of the molecule is COCC(N)C(CO)Sc1nncn1C. The van der Waals surface area contributed by atoms with Crippen LogP contribution < -0.4 is 5.73 Å². The summed E-state index contributed by atoms with van der Waals surface area (Å²) in [6, 6.07) is -0.221. The van der Waals surface area contributed by atoms with E-state index in [1.54, 1.807) is 18.0 Å². The smallest absolute Gasteiger partial charge is 0.191 e. The van der Waals surface area contributed by atoms with Crippen LogP contribution in [0, 0.1) is 0 Å². The topological polar surface area (TPSA) is 86.2 Å². The zero-order valence-corrected chi connectivity index (χ0v) is 9.65. The summed E-state index contributed by atoms with van der Waals surface area (Å²) in [5.74, 6) is 0. The minimum Gasteiger partial charge on any atom is -0.395 e. The maximum atomic E-state index is 9.20. The van der Waals surface area contributed by atoms with Gasteiger partial charge in [-0.05, 0) is 0 Å². The maximum Gasteiger partial charge on any atom is 0.191 e. The third-order valence-electron chi connectivity index (χ3n) is 1.94. The molecule has 7 heteroatoms. The van der Waals surface area contributed by atoms with Gasteiger partial charge in [0.1, 0.15) is 6.33 Å². The van der Waals surface area contributed by atoms with E-state index in [-0.39, 0.29) is 17.9 Å². The number of hydrogen-bond acceptors (Lipinski definition) is 6. The fourth-order valence-corrected chi connectivity index (χ4v) is 1.98. The number of ether oxygens (including phenoxy) is 1. The Hall–Kier alpha value is -0.630. The molecule has 15 heavy (non-hydrogen) atoms. The first-order chi connectivity index (χ1) is 7.19. The van der Waals surface area contributed by atoms with Crippen molar-refractivity contribution in [3.63, 3.8) is 0 Å². The molecule has 86 valence electrons. The minimum atomic E-state index is -0.221. The van der Waals surface area contributed by atoms with E-state index in [2.05, 4.69) is 10.2 Å². The molecule has 3 N–H and O–H groups in total. The van der Waals surface area contributed by atoms with Gasteiger partial charge < -0.3 is 20.1 Å². The van der Waals surface area contributed by atoms with Crippen molar-refractivity contribution >= 4 is 11.8 Å². The van der Waals surface area contributed by atoms with Crippen LogP contribution in [0.15, 0.2) is 11.5 Å². The summed E-state index contributed by atoms with van der Waals surface area (Å²) >= 11 is 1.40. The summed E-state index contributed by atoms with van der Waals surface area (Å²) in [6.45, 7) is 0.401. The van der Waals surface area contributed by atoms with Crippen molar-refractivity contribution in [2.75, 3.05) is 20.3 Å². The molecule has 1 rings (SSSR count). The molecule has 2 atom stereocenters. The van der Waals surface area contributed by atoms with Gasteiger partial charge in [0.15, 0.2) is 5.16 Å². The molecule has 0 spiro atoms. The Morgan fingerprint density at radius 1 is 1.73 bits per heavy atom. The number of rotatable bonds is 6. The molecule has 1 aromatic heterocycles. The van der Waals surface area contributed by atoms with Crippen molar-refractivity contribution in [2.45, 2.75) is 16.4 Å². The number of aryl methyl sites for hydroxylation is 1. The van der Waals surface area contributed by atoms with Crippen molar-refractivity contribution < 1.29 is 9.84 Å². The van der Waals surface area contributed by atoms with Crippen LogP contribution in [-0.4, -0.2) is 51.5 Å². The van der Waals surface area contributed by atoms with E-state index in [9.17, 15) is 5.11 Å². The second kappa shape index (κ2) is 6.06. The van der Waals surface area contributed by atoms with Crippen LogP contribution in [0.25, 0.3) is 0 Å². The predicted octanol–water partition coefficient (Wildman–Crippen LogP) is -0.758. The van der Waals surface area contributed by atoms with Gasteiger partial charge in [-0.25, -0.2) is 0 Å². The lowest BCUT2D eigenvalue weighted by atomic mass is 10.2. The molecule has 0 bridgehead atoms. The van der Waals surface area contributed by atoms with Crippen molar-refractivity contribution in [3.8, 4) is 0 Å². The molecule has 0 saturated heterocycles. The van der Waals surface area contributed by atoms with Gasteiger partial charge in [0.25, 0.3) is 0 Å². The minimum absolute atomic E-state index is 0.0119. The molecule has 0 aliphatic carbocycles. The average molecular weight is 232 g/mol. The maximum absolute atomic E-state index is 9.20. The van der Waals surface area contributed by atoms with Gasteiger partial charge in [-0.3, -0.25) is 0 Å². The largest absolute Gasteiger partial charge is 0.395 e. The van der Waals surface area contributed by atoms with Crippen LogP contribution >= 0.6 is 11.8 Å². The third kappa shape index (κ3) is 3.45. The Labute approximate surface area is 92.8 Å². The number of methoxy groups -OCH3 is 1. The molecule has 0 aliphatic rings. The first kappa shape index (κ1) is 12.4. The molecule has 0 amide bonds. The number of aliphatic hydroxyl groups is 1. The van der Waals surface area contributed by atoms with Crippen LogP contribution in [-0.2, 0) is 11.8 Å². The van der Waals surface area contributed by atoms with Crippen molar-refractivity contribution in [2.24, 2.45) is 12.8 Å². The van der Waals surface area contributed by atoms with E-state index in [0.717, 1.165) is 5.16 Å². The van der Waals surface area contributed by atoms with E-state index in [4.69, 9.17) is 10.5 Å². The first-order valence-corrected chi connectivity index (χ1v) is 5.43. The molecule has 0 radical (unpaired) electrons. The molecule has 0 saturated carbocycles. The average Bonchev–Trinajstić information content (AvgIpc) is 2.61. The highest BCUT2D eigenvalue weighted by molar-refractivity contribution is 7.99. The second-order valence-corrected chi connectivity index (χ2v) is 4.39. The zero-order chi connectivity index (χ0) is 11.3. The molecule has 0 fully saturated rings. The predicted molar refractivity (Wildman–Crippen MR) is 57.6 cm³/mol. The molecule has 0 aromatic carbocycles. The number of aliphatic hydroxyl groups excluding tert-OH is 1. The Kier molecular flexibility index (Phi) is 5.03. The number of thioether (sulfide) groups is 1. The number of nitrogens with zero attached hydrogens (tertiary/aromatic N) is 3. The van der Waals surface area contributed by atoms with Crippen molar-refractivity contribution in [3.05, 3.63) is 6.33 Å². The number of aromatic nitrogens is 3. The number of hydrogen-bond donors (Lipinski definition) is 2. The lowest BCUT2D eigenvalue weighted by molar-refractivity contribution is 0.167. The van der Waals surface area contributed by atoms with E-state index >= 15 is 0 Å². The van der Waals surface area contributed by atoms with E-state index < -0.39 is 0 Å². The van der Waals surface area contributed by atoms with Gasteiger partial charge in [0.2, 0.25) is 0 Å².